The largest absolute Gasteiger partial charge is 0.494 e. The number of carbonyl (C=O) groups is 1. The molecule has 0 heterocycles. The van der Waals surface area contributed by atoms with Gasteiger partial charge in [-0.25, -0.2) is 0 Å². The Bertz CT molecular complexity index is 675. The third-order valence-corrected chi connectivity index (χ3v) is 3.29. The van der Waals surface area contributed by atoms with Gasteiger partial charge in [-0.2, -0.15) is 0 Å². The molecule has 0 saturated carbocycles. The molecule has 2 aromatic carbocycles. The van der Waals surface area contributed by atoms with E-state index >= 15 is 0 Å². The van der Waals surface area contributed by atoms with Crippen molar-refractivity contribution >= 4 is 11.6 Å². The van der Waals surface area contributed by atoms with E-state index < -0.39 is 0 Å². The van der Waals surface area contributed by atoms with E-state index in [9.17, 15) is 4.79 Å². The maximum absolute atomic E-state index is 12.5. The van der Waals surface area contributed by atoms with E-state index in [1.807, 2.05) is 58.0 Å². The standard InChI is InChI=1S/C19H23NO3/c1-5-22-16-7-8-18(23-6-2)17(12-16)20-19(21)15-10-13(3)9-14(4)11-15/h7-12H,5-6H2,1-4H3,(H,20,21). The normalized spacial score (nSPS) is 10.3. The number of benzene rings is 2. The van der Waals surface area contributed by atoms with Crippen LogP contribution in [0.1, 0.15) is 35.3 Å². The van der Waals surface area contributed by atoms with Crippen molar-refractivity contribution in [2.24, 2.45) is 0 Å². The first-order chi connectivity index (χ1) is 11.0. The van der Waals surface area contributed by atoms with Gasteiger partial charge >= 0.3 is 0 Å². The van der Waals surface area contributed by atoms with Gasteiger partial charge in [0.1, 0.15) is 11.5 Å². The highest BCUT2D eigenvalue weighted by molar-refractivity contribution is 6.05. The quantitative estimate of drug-likeness (QED) is 0.862. The predicted octanol–water partition coefficient (Wildman–Crippen LogP) is 4.35. The van der Waals surface area contributed by atoms with Gasteiger partial charge in [0.05, 0.1) is 18.9 Å². The third kappa shape index (κ3) is 4.49. The first-order valence-corrected chi connectivity index (χ1v) is 7.82. The molecular weight excluding hydrogens is 290 g/mol. The maximum atomic E-state index is 12.5. The molecule has 0 unspecified atom stereocenters. The molecule has 0 fully saturated rings. The number of hydrogen-bond donors (Lipinski definition) is 1. The van der Waals surface area contributed by atoms with Crippen LogP contribution < -0.4 is 14.8 Å². The van der Waals surface area contributed by atoms with Gasteiger partial charge < -0.3 is 14.8 Å². The molecule has 0 spiro atoms. The Morgan fingerprint density at radius 2 is 1.61 bits per heavy atom. The highest BCUT2D eigenvalue weighted by Gasteiger charge is 2.12. The maximum Gasteiger partial charge on any atom is 0.255 e. The van der Waals surface area contributed by atoms with E-state index in [1.54, 1.807) is 6.07 Å². The van der Waals surface area contributed by atoms with Crippen molar-refractivity contribution in [2.45, 2.75) is 27.7 Å². The van der Waals surface area contributed by atoms with Crippen LogP contribution >= 0.6 is 0 Å². The Balaban J connectivity index is 2.29. The van der Waals surface area contributed by atoms with Crippen LogP contribution in [0, 0.1) is 13.8 Å². The average molecular weight is 313 g/mol. The first kappa shape index (κ1) is 16.9. The Kier molecular flexibility index (Phi) is 5.63. The minimum Gasteiger partial charge on any atom is -0.494 e. The van der Waals surface area contributed by atoms with E-state index in [0.29, 0.717) is 36.0 Å². The number of hydrogen-bond acceptors (Lipinski definition) is 3. The number of ether oxygens (including phenoxy) is 2. The molecule has 1 N–H and O–H groups in total. The molecule has 0 aliphatic rings. The fraction of sp³-hybridized carbons (Fsp3) is 0.316. The average Bonchev–Trinajstić information content (AvgIpc) is 2.49. The smallest absolute Gasteiger partial charge is 0.255 e. The van der Waals surface area contributed by atoms with E-state index in [0.717, 1.165) is 11.1 Å². The zero-order valence-corrected chi connectivity index (χ0v) is 14.1. The lowest BCUT2D eigenvalue weighted by Gasteiger charge is -2.14. The van der Waals surface area contributed by atoms with Gasteiger partial charge in [0, 0.05) is 11.6 Å². The predicted molar refractivity (Wildman–Crippen MR) is 92.6 cm³/mol. The second kappa shape index (κ2) is 7.68. The molecule has 0 saturated heterocycles. The SMILES string of the molecule is CCOc1ccc(OCC)c(NC(=O)c2cc(C)cc(C)c2)c1. The monoisotopic (exact) mass is 313 g/mol. The van der Waals surface area contributed by atoms with E-state index in [4.69, 9.17) is 9.47 Å². The van der Waals surface area contributed by atoms with E-state index in [1.165, 1.54) is 0 Å². The lowest BCUT2D eigenvalue weighted by atomic mass is 10.1. The van der Waals surface area contributed by atoms with Crippen LogP contribution in [0.25, 0.3) is 0 Å². The van der Waals surface area contributed by atoms with Crippen molar-refractivity contribution in [1.29, 1.82) is 0 Å². The molecular formula is C19H23NO3. The van der Waals surface area contributed by atoms with Crippen molar-refractivity contribution in [1.82, 2.24) is 0 Å². The summed E-state index contributed by atoms with van der Waals surface area (Å²) in [5.74, 6) is 1.17. The molecule has 0 aliphatic carbocycles. The zero-order chi connectivity index (χ0) is 16.8. The highest BCUT2D eigenvalue weighted by Crippen LogP contribution is 2.30. The lowest BCUT2D eigenvalue weighted by Crippen LogP contribution is -2.13. The number of nitrogens with one attached hydrogen (secondary N) is 1. The lowest BCUT2D eigenvalue weighted by molar-refractivity contribution is 0.102. The molecule has 2 rings (SSSR count). The Morgan fingerprint density at radius 1 is 0.957 bits per heavy atom. The highest BCUT2D eigenvalue weighted by atomic mass is 16.5. The molecule has 0 aromatic heterocycles. The second-order valence-electron chi connectivity index (χ2n) is 5.35. The van der Waals surface area contributed by atoms with Gasteiger partial charge in [-0.05, 0) is 52.0 Å². The van der Waals surface area contributed by atoms with Gasteiger partial charge in [0.2, 0.25) is 0 Å². The van der Waals surface area contributed by atoms with Crippen LogP contribution in [0.3, 0.4) is 0 Å². The van der Waals surface area contributed by atoms with E-state index in [2.05, 4.69) is 5.32 Å². The Morgan fingerprint density at radius 3 is 2.22 bits per heavy atom. The molecule has 0 bridgehead atoms. The number of anilines is 1. The van der Waals surface area contributed by atoms with Crippen LogP contribution in [0.15, 0.2) is 36.4 Å². The number of carbonyl (C=O) groups excluding carboxylic acids is 1. The van der Waals surface area contributed by atoms with Gasteiger partial charge in [-0.1, -0.05) is 17.2 Å². The first-order valence-electron chi connectivity index (χ1n) is 7.82. The van der Waals surface area contributed by atoms with Crippen molar-refractivity contribution in [2.75, 3.05) is 18.5 Å². The van der Waals surface area contributed by atoms with Crippen LogP contribution in [-0.2, 0) is 0 Å². The minimum atomic E-state index is -0.161. The number of aryl methyl sites for hydroxylation is 2. The summed E-state index contributed by atoms with van der Waals surface area (Å²) in [6.45, 7) is 8.88. The zero-order valence-electron chi connectivity index (χ0n) is 14.1. The van der Waals surface area contributed by atoms with Crippen LogP contribution in [0.5, 0.6) is 11.5 Å². The summed E-state index contributed by atoms with van der Waals surface area (Å²) in [5, 5.41) is 2.92. The summed E-state index contributed by atoms with van der Waals surface area (Å²) in [6.07, 6.45) is 0. The van der Waals surface area contributed by atoms with Gasteiger partial charge in [-0.15, -0.1) is 0 Å². The molecule has 0 radical (unpaired) electrons. The van der Waals surface area contributed by atoms with Gasteiger partial charge in [0.25, 0.3) is 5.91 Å². The topological polar surface area (TPSA) is 47.6 Å². The summed E-state index contributed by atoms with van der Waals surface area (Å²) in [4.78, 5) is 12.5. The Labute approximate surface area is 137 Å². The minimum absolute atomic E-state index is 0.161. The molecule has 0 aliphatic heterocycles. The third-order valence-electron chi connectivity index (χ3n) is 3.29. The Hall–Kier alpha value is -2.49. The molecule has 4 nitrogen and oxygen atoms in total. The fourth-order valence-electron chi connectivity index (χ4n) is 2.44. The molecule has 2 aromatic rings. The molecule has 4 heteroatoms. The molecule has 0 atom stereocenters. The van der Waals surface area contributed by atoms with Crippen molar-refractivity contribution in [3.05, 3.63) is 53.1 Å². The van der Waals surface area contributed by atoms with Gasteiger partial charge in [-0.3, -0.25) is 4.79 Å². The summed E-state index contributed by atoms with van der Waals surface area (Å²) in [6, 6.07) is 11.2. The molecule has 23 heavy (non-hydrogen) atoms. The second-order valence-corrected chi connectivity index (χ2v) is 5.35. The van der Waals surface area contributed by atoms with Crippen molar-refractivity contribution in [3.8, 4) is 11.5 Å². The summed E-state index contributed by atoms with van der Waals surface area (Å²) in [5.41, 5.74) is 3.36. The molecule has 122 valence electrons. The van der Waals surface area contributed by atoms with E-state index in [-0.39, 0.29) is 5.91 Å². The summed E-state index contributed by atoms with van der Waals surface area (Å²) in [7, 11) is 0. The fourth-order valence-corrected chi connectivity index (χ4v) is 2.44. The number of amides is 1. The summed E-state index contributed by atoms with van der Waals surface area (Å²) >= 11 is 0. The van der Waals surface area contributed by atoms with Crippen molar-refractivity contribution in [3.63, 3.8) is 0 Å². The summed E-state index contributed by atoms with van der Waals surface area (Å²) < 4.78 is 11.1. The van der Waals surface area contributed by atoms with Crippen molar-refractivity contribution < 1.29 is 14.3 Å². The van der Waals surface area contributed by atoms with Gasteiger partial charge in [0.15, 0.2) is 0 Å². The van der Waals surface area contributed by atoms with Crippen LogP contribution in [0.4, 0.5) is 5.69 Å². The van der Waals surface area contributed by atoms with Crippen LogP contribution in [0.2, 0.25) is 0 Å². The number of rotatable bonds is 6. The molecule has 1 amide bonds. The van der Waals surface area contributed by atoms with Crippen LogP contribution in [-0.4, -0.2) is 19.1 Å².